The molecule has 3 aromatic carbocycles. The Kier molecular flexibility index (Phi) is 7.83. The lowest BCUT2D eigenvalue weighted by Gasteiger charge is -2.35. The van der Waals surface area contributed by atoms with E-state index in [0.29, 0.717) is 37.4 Å². The third-order valence-electron chi connectivity index (χ3n) is 6.30. The summed E-state index contributed by atoms with van der Waals surface area (Å²) in [6, 6.07) is 25.7. The predicted octanol–water partition coefficient (Wildman–Crippen LogP) is 5.28. The van der Waals surface area contributed by atoms with E-state index < -0.39 is 0 Å². The molecule has 6 nitrogen and oxygen atoms in total. The van der Waals surface area contributed by atoms with Gasteiger partial charge < -0.3 is 19.9 Å². The van der Waals surface area contributed by atoms with Crippen LogP contribution in [0, 0.1) is 5.92 Å². The van der Waals surface area contributed by atoms with Gasteiger partial charge in [-0.1, -0.05) is 68.4 Å². The van der Waals surface area contributed by atoms with Crippen molar-refractivity contribution in [3.8, 4) is 5.75 Å². The molecule has 1 heterocycles. The third kappa shape index (κ3) is 5.23. The second-order valence-electron chi connectivity index (χ2n) is 9.06. The number of benzene rings is 3. The van der Waals surface area contributed by atoms with Crippen LogP contribution in [-0.4, -0.2) is 40.6 Å². The highest BCUT2D eigenvalue weighted by Crippen LogP contribution is 2.34. The number of amides is 1. The molecule has 182 valence electrons. The molecule has 0 bridgehead atoms. The van der Waals surface area contributed by atoms with Gasteiger partial charge in [-0.05, 0) is 48.7 Å². The van der Waals surface area contributed by atoms with E-state index in [1.165, 1.54) is 5.56 Å². The van der Waals surface area contributed by atoms with Crippen molar-refractivity contribution in [2.24, 2.45) is 11.7 Å². The van der Waals surface area contributed by atoms with Gasteiger partial charge >= 0.3 is 0 Å². The highest BCUT2D eigenvalue weighted by Gasteiger charge is 2.33. The summed E-state index contributed by atoms with van der Waals surface area (Å²) in [6.45, 7) is 5.99. The Bertz CT molecular complexity index is 1270. The number of aromatic nitrogens is 2. The number of methoxy groups -OCH3 is 1. The summed E-state index contributed by atoms with van der Waals surface area (Å²) >= 11 is 0. The molecule has 2 N–H and O–H groups in total. The van der Waals surface area contributed by atoms with Crippen molar-refractivity contribution in [3.05, 3.63) is 95.8 Å². The Morgan fingerprint density at radius 3 is 2.40 bits per heavy atom. The molecule has 0 spiro atoms. The van der Waals surface area contributed by atoms with E-state index in [-0.39, 0.29) is 17.9 Å². The smallest absolute Gasteiger partial charge is 0.258 e. The quantitative estimate of drug-likeness (QED) is 0.342. The number of para-hydroxylation sites is 3. The summed E-state index contributed by atoms with van der Waals surface area (Å²) in [5, 5.41) is 0. The van der Waals surface area contributed by atoms with Crippen molar-refractivity contribution in [2.75, 3.05) is 20.2 Å². The first kappa shape index (κ1) is 24.5. The van der Waals surface area contributed by atoms with E-state index in [0.717, 1.165) is 16.9 Å². The fourth-order valence-electron chi connectivity index (χ4n) is 4.65. The van der Waals surface area contributed by atoms with E-state index in [2.05, 4.69) is 36.6 Å². The Balaban J connectivity index is 1.85. The first-order chi connectivity index (χ1) is 17.0. The van der Waals surface area contributed by atoms with Crippen LogP contribution in [0.1, 0.15) is 48.1 Å². The van der Waals surface area contributed by atoms with Gasteiger partial charge in [-0.15, -0.1) is 0 Å². The lowest BCUT2D eigenvalue weighted by Crippen LogP contribution is -2.40. The number of fused-ring (bicyclic) bond motifs is 1. The summed E-state index contributed by atoms with van der Waals surface area (Å²) < 4.78 is 7.78. The van der Waals surface area contributed by atoms with Crippen molar-refractivity contribution in [2.45, 2.75) is 32.9 Å². The van der Waals surface area contributed by atoms with Gasteiger partial charge in [0.15, 0.2) is 0 Å². The zero-order chi connectivity index (χ0) is 24.8. The van der Waals surface area contributed by atoms with Crippen LogP contribution in [0.4, 0.5) is 0 Å². The molecule has 6 heteroatoms. The highest BCUT2D eigenvalue weighted by atomic mass is 16.5. The maximum absolute atomic E-state index is 14.0. The average molecular weight is 471 g/mol. The first-order valence-electron chi connectivity index (χ1n) is 12.2. The highest BCUT2D eigenvalue weighted by molar-refractivity contribution is 5.97. The van der Waals surface area contributed by atoms with Gasteiger partial charge in [0.05, 0.1) is 29.7 Å². The number of nitrogens with zero attached hydrogens (tertiary/aromatic N) is 3. The zero-order valence-electron chi connectivity index (χ0n) is 20.7. The van der Waals surface area contributed by atoms with Gasteiger partial charge in [-0.2, -0.15) is 0 Å². The largest absolute Gasteiger partial charge is 0.496 e. The molecular weight excluding hydrogens is 436 g/mol. The number of hydrogen-bond acceptors (Lipinski definition) is 4. The van der Waals surface area contributed by atoms with Gasteiger partial charge in [0, 0.05) is 13.1 Å². The Morgan fingerprint density at radius 2 is 1.69 bits per heavy atom. The van der Waals surface area contributed by atoms with Gasteiger partial charge in [-0.3, -0.25) is 4.79 Å². The predicted molar refractivity (Wildman–Crippen MR) is 141 cm³/mol. The summed E-state index contributed by atoms with van der Waals surface area (Å²) in [4.78, 5) is 21.0. The molecule has 0 saturated carbocycles. The fourth-order valence-corrected chi connectivity index (χ4v) is 4.65. The SMILES string of the molecule is COc1ccccc1C(=O)N(CCCN)[C@@H](c1nc2ccccc2n1Cc1ccccc1)C(C)C. The lowest BCUT2D eigenvalue weighted by molar-refractivity contribution is 0.0602. The minimum atomic E-state index is -0.241. The van der Waals surface area contributed by atoms with Crippen molar-refractivity contribution in [1.29, 1.82) is 0 Å². The number of hydrogen-bond donors (Lipinski definition) is 1. The Morgan fingerprint density at radius 1 is 1.00 bits per heavy atom. The molecule has 1 amide bonds. The molecule has 4 rings (SSSR count). The number of nitrogens with two attached hydrogens (primary N) is 1. The molecule has 0 aliphatic rings. The van der Waals surface area contributed by atoms with Gasteiger partial charge in [0.1, 0.15) is 11.6 Å². The fraction of sp³-hybridized carbons (Fsp3) is 0.310. The summed E-state index contributed by atoms with van der Waals surface area (Å²) in [7, 11) is 1.59. The van der Waals surface area contributed by atoms with Crippen LogP contribution in [0.2, 0.25) is 0 Å². The van der Waals surface area contributed by atoms with Crippen molar-refractivity contribution in [1.82, 2.24) is 14.5 Å². The van der Waals surface area contributed by atoms with Crippen LogP contribution < -0.4 is 10.5 Å². The average Bonchev–Trinajstić information content (AvgIpc) is 3.24. The molecule has 0 aliphatic carbocycles. The number of ether oxygens (including phenoxy) is 1. The Hall–Kier alpha value is -3.64. The topological polar surface area (TPSA) is 73.4 Å². The number of imidazole rings is 1. The molecule has 0 saturated heterocycles. The van der Waals surface area contributed by atoms with Crippen molar-refractivity contribution >= 4 is 16.9 Å². The Labute approximate surface area is 207 Å². The minimum Gasteiger partial charge on any atom is -0.496 e. The van der Waals surface area contributed by atoms with Crippen molar-refractivity contribution < 1.29 is 9.53 Å². The molecule has 4 aromatic rings. The summed E-state index contributed by atoms with van der Waals surface area (Å²) in [5.41, 5.74) is 9.61. The van der Waals surface area contributed by atoms with Crippen LogP contribution in [0.15, 0.2) is 78.9 Å². The second kappa shape index (κ2) is 11.2. The molecular formula is C29H34N4O2. The van der Waals surface area contributed by atoms with Crippen LogP contribution in [-0.2, 0) is 6.54 Å². The number of carbonyl (C=O) groups excluding carboxylic acids is 1. The molecule has 1 atom stereocenters. The van der Waals surface area contributed by atoms with E-state index in [1.54, 1.807) is 7.11 Å². The molecule has 1 aromatic heterocycles. The number of carbonyl (C=O) groups is 1. The lowest BCUT2D eigenvalue weighted by atomic mass is 9.99. The van der Waals surface area contributed by atoms with E-state index >= 15 is 0 Å². The van der Waals surface area contributed by atoms with Crippen LogP contribution in [0.5, 0.6) is 5.75 Å². The zero-order valence-corrected chi connectivity index (χ0v) is 20.7. The first-order valence-corrected chi connectivity index (χ1v) is 12.2. The minimum absolute atomic E-state index is 0.0760. The van der Waals surface area contributed by atoms with Crippen LogP contribution in [0.3, 0.4) is 0 Å². The standard InChI is InChI=1S/C29H34N4O2/c1-21(2)27(32(19-11-18-30)29(34)23-14-7-10-17-26(23)35-3)28-31-24-15-8-9-16-25(24)33(28)20-22-12-5-4-6-13-22/h4-10,12-17,21,27H,11,18-20,30H2,1-3H3/t27-/m1/s1. The van der Waals surface area contributed by atoms with E-state index in [9.17, 15) is 4.79 Å². The molecule has 0 radical (unpaired) electrons. The van der Waals surface area contributed by atoms with Gasteiger partial charge in [0.25, 0.3) is 5.91 Å². The van der Waals surface area contributed by atoms with Crippen LogP contribution in [0.25, 0.3) is 11.0 Å². The maximum atomic E-state index is 14.0. The molecule has 0 fully saturated rings. The third-order valence-corrected chi connectivity index (χ3v) is 6.30. The van der Waals surface area contributed by atoms with Gasteiger partial charge in [-0.25, -0.2) is 4.98 Å². The number of rotatable bonds is 10. The van der Waals surface area contributed by atoms with Crippen LogP contribution >= 0.6 is 0 Å². The molecule has 0 unspecified atom stereocenters. The summed E-state index contributed by atoms with van der Waals surface area (Å²) in [5.74, 6) is 1.49. The molecule has 0 aliphatic heterocycles. The maximum Gasteiger partial charge on any atom is 0.258 e. The van der Waals surface area contributed by atoms with E-state index in [4.69, 9.17) is 15.5 Å². The van der Waals surface area contributed by atoms with Crippen molar-refractivity contribution in [3.63, 3.8) is 0 Å². The van der Waals surface area contributed by atoms with E-state index in [1.807, 2.05) is 65.6 Å². The van der Waals surface area contributed by atoms with Gasteiger partial charge in [0.2, 0.25) is 0 Å². The second-order valence-corrected chi connectivity index (χ2v) is 9.06. The monoisotopic (exact) mass is 470 g/mol. The summed E-state index contributed by atoms with van der Waals surface area (Å²) in [6.07, 6.45) is 0.697. The molecule has 35 heavy (non-hydrogen) atoms. The normalized spacial score (nSPS) is 12.1.